The van der Waals surface area contributed by atoms with Gasteiger partial charge >= 0.3 is 12.1 Å². The predicted molar refractivity (Wildman–Crippen MR) is 84.3 cm³/mol. The first-order valence-electron chi connectivity index (χ1n) is 7.50. The van der Waals surface area contributed by atoms with Crippen LogP contribution < -0.4 is 15.4 Å². The fourth-order valence-corrected chi connectivity index (χ4v) is 1.67. The maximum absolute atomic E-state index is 11.9. The summed E-state index contributed by atoms with van der Waals surface area (Å²) in [5.41, 5.74) is 0.370. The van der Waals surface area contributed by atoms with Crippen molar-refractivity contribution in [3.63, 3.8) is 0 Å². The van der Waals surface area contributed by atoms with E-state index in [1.807, 2.05) is 6.92 Å². The molecule has 23 heavy (non-hydrogen) atoms. The van der Waals surface area contributed by atoms with Gasteiger partial charge in [0.25, 0.3) is 5.91 Å². The summed E-state index contributed by atoms with van der Waals surface area (Å²) in [7, 11) is 0. The van der Waals surface area contributed by atoms with E-state index >= 15 is 0 Å². The SMILES string of the molecule is CCCCOC(=O)NCCNC(=O)c1cccc(OC(C)=O)c1. The molecule has 7 nitrogen and oxygen atoms in total. The standard InChI is InChI=1S/C16H22N2O5/c1-3-4-10-22-16(21)18-9-8-17-15(20)13-6-5-7-14(11-13)23-12(2)19/h5-7,11H,3-4,8-10H2,1-2H3,(H,17,20)(H,18,21). The Hall–Kier alpha value is -2.57. The molecule has 0 aliphatic rings. The molecule has 1 aromatic rings. The summed E-state index contributed by atoms with van der Waals surface area (Å²) >= 11 is 0. The van der Waals surface area contributed by atoms with Crippen molar-refractivity contribution in [1.29, 1.82) is 0 Å². The van der Waals surface area contributed by atoms with Crippen LogP contribution in [0.2, 0.25) is 0 Å². The second-order valence-electron chi connectivity index (χ2n) is 4.79. The van der Waals surface area contributed by atoms with Gasteiger partial charge in [0, 0.05) is 25.6 Å². The summed E-state index contributed by atoms with van der Waals surface area (Å²) in [6.07, 6.45) is 1.28. The zero-order valence-corrected chi connectivity index (χ0v) is 13.4. The number of benzene rings is 1. The van der Waals surface area contributed by atoms with Crippen molar-refractivity contribution in [3.05, 3.63) is 29.8 Å². The van der Waals surface area contributed by atoms with Gasteiger partial charge in [-0.05, 0) is 24.6 Å². The molecule has 0 radical (unpaired) electrons. The molecule has 0 fully saturated rings. The minimum atomic E-state index is -0.496. The second kappa shape index (κ2) is 10.2. The highest BCUT2D eigenvalue weighted by molar-refractivity contribution is 5.94. The molecule has 0 aliphatic carbocycles. The molecule has 7 heteroatoms. The molecular weight excluding hydrogens is 300 g/mol. The van der Waals surface area contributed by atoms with Crippen LogP contribution in [0, 0.1) is 0 Å². The van der Waals surface area contributed by atoms with Gasteiger partial charge in [-0.3, -0.25) is 9.59 Å². The number of unbranched alkanes of at least 4 members (excludes halogenated alkanes) is 1. The monoisotopic (exact) mass is 322 g/mol. The zero-order chi connectivity index (χ0) is 17.1. The molecule has 0 heterocycles. The van der Waals surface area contributed by atoms with Crippen LogP contribution in [0.25, 0.3) is 0 Å². The lowest BCUT2D eigenvalue weighted by Gasteiger charge is -2.08. The van der Waals surface area contributed by atoms with Gasteiger partial charge < -0.3 is 20.1 Å². The summed E-state index contributed by atoms with van der Waals surface area (Å²) in [5.74, 6) is -0.462. The number of rotatable bonds is 8. The lowest BCUT2D eigenvalue weighted by molar-refractivity contribution is -0.131. The molecule has 126 valence electrons. The van der Waals surface area contributed by atoms with Crippen molar-refractivity contribution in [3.8, 4) is 5.75 Å². The number of nitrogens with one attached hydrogen (secondary N) is 2. The fraction of sp³-hybridized carbons (Fsp3) is 0.438. The molecule has 1 rings (SSSR count). The molecule has 2 amide bonds. The van der Waals surface area contributed by atoms with Crippen molar-refractivity contribution < 1.29 is 23.9 Å². The second-order valence-corrected chi connectivity index (χ2v) is 4.79. The predicted octanol–water partition coefficient (Wildman–Crippen LogP) is 1.87. The van der Waals surface area contributed by atoms with Gasteiger partial charge in [0.15, 0.2) is 0 Å². The maximum atomic E-state index is 11.9. The van der Waals surface area contributed by atoms with E-state index in [9.17, 15) is 14.4 Å². The van der Waals surface area contributed by atoms with Crippen molar-refractivity contribution in [2.75, 3.05) is 19.7 Å². The first-order valence-corrected chi connectivity index (χ1v) is 7.50. The minimum absolute atomic E-state index is 0.263. The molecule has 1 aromatic carbocycles. The number of ether oxygens (including phenoxy) is 2. The number of alkyl carbamates (subject to hydrolysis) is 1. The summed E-state index contributed by atoms with van der Waals surface area (Å²) < 4.78 is 9.83. The van der Waals surface area contributed by atoms with Gasteiger partial charge in [-0.2, -0.15) is 0 Å². The van der Waals surface area contributed by atoms with E-state index in [0.29, 0.717) is 17.9 Å². The van der Waals surface area contributed by atoms with Crippen molar-refractivity contribution in [1.82, 2.24) is 10.6 Å². The Bertz CT molecular complexity index is 545. The number of amides is 2. The Morgan fingerprint density at radius 1 is 1.13 bits per heavy atom. The Labute approximate surface area is 135 Å². The van der Waals surface area contributed by atoms with Crippen LogP contribution in [0.1, 0.15) is 37.0 Å². The number of hydrogen-bond acceptors (Lipinski definition) is 5. The summed E-state index contributed by atoms with van der Waals surface area (Å²) in [6, 6.07) is 6.29. The smallest absolute Gasteiger partial charge is 0.407 e. The Morgan fingerprint density at radius 2 is 1.87 bits per heavy atom. The molecule has 0 aromatic heterocycles. The molecule has 0 atom stereocenters. The average molecular weight is 322 g/mol. The van der Waals surface area contributed by atoms with Gasteiger partial charge in [0.2, 0.25) is 0 Å². The van der Waals surface area contributed by atoms with Crippen LogP contribution in [0.3, 0.4) is 0 Å². The van der Waals surface area contributed by atoms with Crippen LogP contribution in [0.5, 0.6) is 5.75 Å². The third-order valence-electron chi connectivity index (χ3n) is 2.77. The van der Waals surface area contributed by atoms with E-state index in [2.05, 4.69) is 10.6 Å². The van der Waals surface area contributed by atoms with E-state index in [1.165, 1.54) is 13.0 Å². The quantitative estimate of drug-likeness (QED) is 0.433. The Morgan fingerprint density at radius 3 is 2.57 bits per heavy atom. The first kappa shape index (κ1) is 18.5. The highest BCUT2D eigenvalue weighted by Crippen LogP contribution is 2.13. The molecule has 2 N–H and O–H groups in total. The molecule has 0 aliphatic heterocycles. The van der Waals surface area contributed by atoms with Gasteiger partial charge in [-0.25, -0.2) is 4.79 Å². The van der Waals surface area contributed by atoms with Crippen LogP contribution in [0.4, 0.5) is 4.79 Å². The van der Waals surface area contributed by atoms with Gasteiger partial charge in [-0.15, -0.1) is 0 Å². The highest BCUT2D eigenvalue weighted by atomic mass is 16.5. The number of carbonyl (C=O) groups is 3. The molecule has 0 bridgehead atoms. The lowest BCUT2D eigenvalue weighted by atomic mass is 10.2. The van der Waals surface area contributed by atoms with E-state index in [-0.39, 0.29) is 19.0 Å². The van der Waals surface area contributed by atoms with Crippen molar-refractivity contribution >= 4 is 18.0 Å². The number of carbonyl (C=O) groups excluding carboxylic acids is 3. The van der Waals surface area contributed by atoms with Gasteiger partial charge in [-0.1, -0.05) is 19.4 Å². The van der Waals surface area contributed by atoms with Crippen molar-refractivity contribution in [2.24, 2.45) is 0 Å². The molecular formula is C16H22N2O5. The molecule has 0 spiro atoms. The topological polar surface area (TPSA) is 93.7 Å². The fourth-order valence-electron chi connectivity index (χ4n) is 1.67. The highest BCUT2D eigenvalue weighted by Gasteiger charge is 2.07. The zero-order valence-electron chi connectivity index (χ0n) is 13.4. The van der Waals surface area contributed by atoms with E-state index in [4.69, 9.17) is 9.47 Å². The van der Waals surface area contributed by atoms with Crippen LogP contribution in [-0.2, 0) is 9.53 Å². The van der Waals surface area contributed by atoms with Gasteiger partial charge in [0.1, 0.15) is 5.75 Å². The third kappa shape index (κ3) is 7.85. The third-order valence-corrected chi connectivity index (χ3v) is 2.77. The van der Waals surface area contributed by atoms with Crippen LogP contribution >= 0.6 is 0 Å². The van der Waals surface area contributed by atoms with E-state index in [1.54, 1.807) is 18.2 Å². The minimum Gasteiger partial charge on any atom is -0.450 e. The number of hydrogen-bond donors (Lipinski definition) is 2. The Kier molecular flexibility index (Phi) is 8.20. The molecule has 0 saturated carbocycles. The van der Waals surface area contributed by atoms with E-state index in [0.717, 1.165) is 12.8 Å². The Balaban J connectivity index is 2.31. The van der Waals surface area contributed by atoms with Crippen LogP contribution in [-0.4, -0.2) is 37.7 Å². The molecule has 0 unspecified atom stereocenters. The summed E-state index contributed by atoms with van der Waals surface area (Å²) in [4.78, 5) is 34.1. The van der Waals surface area contributed by atoms with Crippen molar-refractivity contribution in [2.45, 2.75) is 26.7 Å². The van der Waals surface area contributed by atoms with Crippen LogP contribution in [0.15, 0.2) is 24.3 Å². The first-order chi connectivity index (χ1) is 11.0. The summed E-state index contributed by atoms with van der Waals surface area (Å²) in [6.45, 7) is 4.21. The van der Waals surface area contributed by atoms with E-state index < -0.39 is 12.1 Å². The largest absolute Gasteiger partial charge is 0.450 e. The summed E-state index contributed by atoms with van der Waals surface area (Å²) in [5, 5.41) is 5.19. The normalized spacial score (nSPS) is 9.83. The average Bonchev–Trinajstić information content (AvgIpc) is 2.51. The molecule has 0 saturated heterocycles. The lowest BCUT2D eigenvalue weighted by Crippen LogP contribution is -2.35. The number of esters is 1. The van der Waals surface area contributed by atoms with Gasteiger partial charge in [0.05, 0.1) is 6.61 Å². The maximum Gasteiger partial charge on any atom is 0.407 e.